The fourth-order valence-electron chi connectivity index (χ4n) is 21.2. The molecule has 5 aliphatic carbocycles. The Morgan fingerprint density at radius 2 is 0.747 bits per heavy atom. The minimum atomic E-state index is -2.38. The zero-order valence-electron chi connectivity index (χ0n) is 73.5. The maximum atomic E-state index is 9.52. The topological polar surface area (TPSA) is 29.1 Å². The molecule has 17 rings (SSSR count). The molecule has 8 fully saturated rings. The summed E-state index contributed by atoms with van der Waals surface area (Å²) in [5.74, 6) is 3.99. The predicted octanol–water partition coefficient (Wildman–Crippen LogP) is 24.6. The highest BCUT2D eigenvalue weighted by molar-refractivity contribution is 5.76. The van der Waals surface area contributed by atoms with Crippen LogP contribution < -0.4 is 24.5 Å². The molecule has 6 heteroatoms. The average molecular weight is 1340 g/mol. The number of fused-ring (bicyclic) bond motifs is 2. The van der Waals surface area contributed by atoms with Gasteiger partial charge in [0.25, 0.3) is 0 Å². The van der Waals surface area contributed by atoms with Crippen molar-refractivity contribution in [3.05, 3.63) is 203 Å². The molecule has 4 bridgehead atoms. The first-order valence-electron chi connectivity index (χ1n) is 42.6. The van der Waals surface area contributed by atoms with Crippen molar-refractivity contribution in [3.63, 3.8) is 0 Å². The van der Waals surface area contributed by atoms with Crippen LogP contribution in [0.2, 0.25) is 0 Å². The van der Waals surface area contributed by atoms with E-state index in [9.17, 15) is 2.74 Å². The van der Waals surface area contributed by atoms with Gasteiger partial charge in [-0.15, -0.1) is 0 Å². The van der Waals surface area contributed by atoms with Crippen molar-refractivity contribution in [2.75, 3.05) is 24.5 Å². The second-order valence-corrected chi connectivity index (χ2v) is 34.7. The van der Waals surface area contributed by atoms with Crippen molar-refractivity contribution in [2.24, 2.45) is 39.9 Å². The van der Waals surface area contributed by atoms with Gasteiger partial charge in [-0.1, -0.05) is 176 Å². The van der Waals surface area contributed by atoms with E-state index in [0.29, 0.717) is 23.9 Å². The molecular formula is C93H128N6. The van der Waals surface area contributed by atoms with Gasteiger partial charge in [0.15, 0.2) is 0 Å². The highest BCUT2D eigenvalue weighted by Crippen LogP contribution is 2.70. The third-order valence-corrected chi connectivity index (χ3v) is 26.5. The van der Waals surface area contributed by atoms with Crippen molar-refractivity contribution in [1.29, 1.82) is 0 Å². The van der Waals surface area contributed by atoms with Crippen LogP contribution in [0.15, 0.2) is 164 Å². The van der Waals surface area contributed by atoms with Crippen LogP contribution in [0, 0.1) is 74.5 Å². The number of para-hydroxylation sites is 6. The van der Waals surface area contributed by atoms with E-state index in [1.165, 1.54) is 113 Å². The second kappa shape index (κ2) is 27.0. The summed E-state index contributed by atoms with van der Waals surface area (Å²) >= 11 is 0. The van der Waals surface area contributed by atoms with Crippen molar-refractivity contribution < 1.29 is 12.3 Å². The maximum Gasteiger partial charge on any atom is 0.137 e. The first kappa shape index (κ1) is 61.2. The monoisotopic (exact) mass is 1340 g/mol. The van der Waals surface area contributed by atoms with E-state index in [4.69, 9.17) is 9.60 Å². The van der Waals surface area contributed by atoms with Gasteiger partial charge in [0, 0.05) is 116 Å². The number of hydrogen-bond donors (Lipinski definition) is 0. The lowest BCUT2D eigenvalue weighted by atomic mass is 9.43. The van der Waals surface area contributed by atoms with Gasteiger partial charge in [-0.05, 0) is 291 Å². The Kier molecular flexibility index (Phi) is 16.7. The number of hydrogen-bond acceptors (Lipinski definition) is 6. The first-order chi connectivity index (χ1) is 50.3. The zero-order valence-corrected chi connectivity index (χ0v) is 64.5. The van der Waals surface area contributed by atoms with E-state index in [-0.39, 0.29) is 33.7 Å². The van der Waals surface area contributed by atoms with Crippen LogP contribution in [-0.4, -0.2) is 51.8 Å². The SMILES string of the molecule is Cc1ccccc1N1c2ccccc2C(C)(C)C1C.Cc1ccccc1N1c2ncccc2C(C)(C)C1C.[2H]C([2H])([2H])C1(C)C(C)N(c2ccccc2C)C(C)(C)C1([2H])[2H].[2H]C1([2H])C2(C3CC4CC(C3)CC2C4)C(C)N(c2ccccc2C)C1(C)C.[2H]C1([2H])C2(CCCCC2)C(C)N(c2ccccc2C)C1(C)C. The van der Waals surface area contributed by atoms with Crippen LogP contribution in [0.4, 0.5) is 39.9 Å². The smallest absolute Gasteiger partial charge is 0.137 e. The highest BCUT2D eigenvalue weighted by Gasteiger charge is 2.66. The molecule has 5 saturated carbocycles. The number of rotatable bonds is 5. The quantitative estimate of drug-likeness (QED) is 0.171. The molecule has 99 heavy (non-hydrogen) atoms. The minimum Gasteiger partial charge on any atom is -0.363 e. The van der Waals surface area contributed by atoms with Crippen LogP contribution in [-0.2, 0) is 10.8 Å². The fraction of sp³-hybridized carbons (Fsp3) is 0.559. The molecule has 6 unspecified atom stereocenters. The lowest BCUT2D eigenvalue weighted by Gasteiger charge is -2.62. The Labute approximate surface area is 614 Å². The molecule has 6 nitrogen and oxygen atoms in total. The standard InChI is InChI=1S/C23H33N.C19H29N.C18H21N.C17H20N2.C16H25N/c1-15-7-5-6-8-21(15)24-16(2)23(14-22(24,3)4)19-10-17-9-18(12-19)13-20(23)11-17;1-15-10-6-7-11-17(15)20-16(2)19(14-18(20,3)4)12-8-5-9-13-19;1-13-9-5-7-11-16(13)19-14(2)18(3,4)15-10-6-8-12-17(15)19;1-12-8-5-6-10-15(12)19-13(2)17(3,4)14-9-7-11-18-16(14)19;1-12-9-7-8-10-14(12)17-13(2)15(3,4)11-16(17,5)6/h5-8,16-20H,9-14H2,1-4H3;6-7,10-11,16H,5,8-9,12-14H2,1-4H3;5-12,14H,1-4H3;5-11,13H,1-4H3;7-10,13H,11H2,1-6H3/i2*14D2;;;3D3,11D2. The third kappa shape index (κ3) is 12.9. The van der Waals surface area contributed by atoms with Gasteiger partial charge in [-0.2, -0.15) is 0 Å². The normalized spacial score (nSPS) is 33.0. The lowest BCUT2D eigenvalue weighted by molar-refractivity contribution is -0.113. The predicted molar refractivity (Wildman–Crippen MR) is 427 cm³/mol. The summed E-state index contributed by atoms with van der Waals surface area (Å²) in [6.07, 6.45) is 9.81. The van der Waals surface area contributed by atoms with Gasteiger partial charge in [-0.25, -0.2) is 4.98 Å². The third-order valence-electron chi connectivity index (χ3n) is 26.5. The van der Waals surface area contributed by atoms with Gasteiger partial charge < -0.3 is 24.5 Å². The van der Waals surface area contributed by atoms with Crippen molar-refractivity contribution in [2.45, 2.75) is 293 Å². The molecule has 5 aliphatic heterocycles. The Morgan fingerprint density at radius 3 is 1.21 bits per heavy atom. The van der Waals surface area contributed by atoms with Gasteiger partial charge in [0.1, 0.15) is 5.82 Å². The fourth-order valence-corrected chi connectivity index (χ4v) is 21.2. The molecular weight excluding hydrogens is 1200 g/mol. The molecule has 1 aromatic heterocycles. The molecule has 0 radical (unpaired) electrons. The Bertz CT molecular complexity index is 4250. The molecule has 530 valence electrons. The van der Waals surface area contributed by atoms with E-state index in [1.54, 1.807) is 20.8 Å². The van der Waals surface area contributed by atoms with Crippen LogP contribution in [0.5, 0.6) is 0 Å². The molecule has 6 atom stereocenters. The number of anilines is 7. The van der Waals surface area contributed by atoms with Gasteiger partial charge in [0.05, 0.1) is 0 Å². The van der Waals surface area contributed by atoms with Gasteiger partial charge in [-0.3, -0.25) is 0 Å². The Morgan fingerprint density at radius 1 is 0.374 bits per heavy atom. The number of pyridine rings is 1. The Hall–Kier alpha value is -6.53. The van der Waals surface area contributed by atoms with E-state index in [0.717, 1.165) is 41.7 Å². The zero-order chi connectivity index (χ0) is 79.0. The molecule has 6 heterocycles. The minimum absolute atomic E-state index is 0.117. The molecule has 0 N–H and O–H groups in total. The van der Waals surface area contributed by atoms with Crippen LogP contribution >= 0.6 is 0 Å². The average Bonchev–Trinajstić information content (AvgIpc) is 1.47. The van der Waals surface area contributed by atoms with E-state index in [1.807, 2.05) is 55.3 Å². The van der Waals surface area contributed by atoms with Gasteiger partial charge >= 0.3 is 0 Å². The number of nitrogens with zero attached hydrogens (tertiary/aromatic N) is 6. The van der Waals surface area contributed by atoms with E-state index < -0.39 is 54.0 Å². The summed E-state index contributed by atoms with van der Waals surface area (Å²) in [7, 11) is 0. The van der Waals surface area contributed by atoms with E-state index in [2.05, 4.69) is 263 Å². The maximum absolute atomic E-state index is 9.52. The van der Waals surface area contributed by atoms with Crippen LogP contribution in [0.25, 0.3) is 0 Å². The van der Waals surface area contributed by atoms with Crippen molar-refractivity contribution in [3.8, 4) is 0 Å². The molecule has 0 amide bonds. The molecule has 2 spiro atoms. The summed E-state index contributed by atoms with van der Waals surface area (Å²) in [5.41, 5.74) is 12.8. The largest absolute Gasteiger partial charge is 0.363 e. The van der Waals surface area contributed by atoms with E-state index >= 15 is 0 Å². The summed E-state index contributed by atoms with van der Waals surface area (Å²) in [6.45, 7) is 42.3. The second-order valence-electron chi connectivity index (χ2n) is 34.7. The number of aryl methyl sites for hydroxylation is 5. The van der Waals surface area contributed by atoms with Crippen LogP contribution in [0.3, 0.4) is 0 Å². The molecule has 7 aromatic rings. The summed E-state index contributed by atoms with van der Waals surface area (Å²) < 4.78 is 78.3. The lowest BCUT2D eigenvalue weighted by Crippen LogP contribution is -2.57. The van der Waals surface area contributed by atoms with Crippen molar-refractivity contribution >= 4 is 39.9 Å². The summed E-state index contributed by atoms with van der Waals surface area (Å²) in [5, 5.41) is 0. The molecule has 3 saturated heterocycles. The number of aromatic nitrogens is 1. The Balaban J connectivity index is 0.000000127. The molecule has 10 aliphatic rings. The summed E-state index contributed by atoms with van der Waals surface area (Å²) in [4.78, 5) is 16.3. The number of benzene rings is 6. The van der Waals surface area contributed by atoms with Crippen molar-refractivity contribution in [1.82, 2.24) is 4.98 Å². The highest BCUT2D eigenvalue weighted by atomic mass is 15.3. The summed E-state index contributed by atoms with van der Waals surface area (Å²) in [6, 6.07) is 55.9. The van der Waals surface area contributed by atoms with Crippen LogP contribution in [0.1, 0.15) is 252 Å². The van der Waals surface area contributed by atoms with Gasteiger partial charge in [0.2, 0.25) is 0 Å². The molecule has 6 aromatic carbocycles. The first-order valence-corrected chi connectivity index (χ1v) is 38.1.